The van der Waals surface area contributed by atoms with Gasteiger partial charge in [0.25, 0.3) is 5.91 Å². The molecular formula is C19H10ClFN2O4S. The second-order valence-corrected chi connectivity index (χ2v) is 7.21. The van der Waals surface area contributed by atoms with Crippen molar-refractivity contribution in [2.24, 2.45) is 0 Å². The zero-order chi connectivity index (χ0) is 19.8. The summed E-state index contributed by atoms with van der Waals surface area (Å²) >= 11 is 6.71. The number of imide groups is 1. The van der Waals surface area contributed by atoms with E-state index >= 15 is 0 Å². The van der Waals surface area contributed by atoms with Crippen LogP contribution in [0.3, 0.4) is 0 Å². The molecule has 0 atom stereocenters. The minimum Gasteiger partial charge on any atom is -0.422 e. The van der Waals surface area contributed by atoms with Gasteiger partial charge in [0, 0.05) is 5.39 Å². The number of hydrogen-bond donors (Lipinski definition) is 2. The van der Waals surface area contributed by atoms with Crippen LogP contribution in [0.4, 0.5) is 14.9 Å². The zero-order valence-electron chi connectivity index (χ0n) is 13.9. The number of carbonyl (C=O) groups is 2. The minimum absolute atomic E-state index is 0.139. The first-order valence-electron chi connectivity index (χ1n) is 7.96. The first-order chi connectivity index (χ1) is 13.4. The van der Waals surface area contributed by atoms with Crippen molar-refractivity contribution in [2.45, 2.75) is 0 Å². The SMILES string of the molecule is O=C(NC(=O)c1cc2c(=O)oc3ccccc3c2s1)Nc1cccc(Cl)c1F. The first kappa shape index (κ1) is 18.1. The molecule has 2 aromatic heterocycles. The molecule has 2 N–H and O–H groups in total. The van der Waals surface area contributed by atoms with Gasteiger partial charge in [-0.25, -0.2) is 14.0 Å². The highest BCUT2D eigenvalue weighted by atomic mass is 35.5. The Labute approximate surface area is 165 Å². The van der Waals surface area contributed by atoms with Crippen molar-refractivity contribution in [1.82, 2.24) is 5.32 Å². The van der Waals surface area contributed by atoms with E-state index in [1.54, 1.807) is 24.3 Å². The molecular weight excluding hydrogens is 407 g/mol. The molecule has 0 aliphatic carbocycles. The Morgan fingerprint density at radius 2 is 1.86 bits per heavy atom. The van der Waals surface area contributed by atoms with Crippen LogP contribution in [0.1, 0.15) is 9.67 Å². The molecule has 0 spiro atoms. The molecule has 3 amide bonds. The summed E-state index contributed by atoms with van der Waals surface area (Å²) < 4.78 is 19.7. The number of thiophene rings is 1. The van der Waals surface area contributed by atoms with Gasteiger partial charge in [-0.15, -0.1) is 11.3 Å². The number of hydrogen-bond acceptors (Lipinski definition) is 5. The molecule has 2 aromatic carbocycles. The van der Waals surface area contributed by atoms with E-state index in [0.29, 0.717) is 15.7 Å². The molecule has 2 heterocycles. The van der Waals surface area contributed by atoms with Crippen molar-refractivity contribution in [3.8, 4) is 0 Å². The van der Waals surface area contributed by atoms with Gasteiger partial charge in [0.15, 0.2) is 5.82 Å². The summed E-state index contributed by atoms with van der Waals surface area (Å²) in [5.41, 5.74) is -0.335. The summed E-state index contributed by atoms with van der Waals surface area (Å²) in [5.74, 6) is -1.54. The molecule has 6 nitrogen and oxygen atoms in total. The van der Waals surface area contributed by atoms with Crippen molar-refractivity contribution in [3.05, 3.63) is 74.7 Å². The Balaban J connectivity index is 1.61. The summed E-state index contributed by atoms with van der Waals surface area (Å²) in [6.45, 7) is 0. The van der Waals surface area contributed by atoms with Gasteiger partial charge >= 0.3 is 11.7 Å². The predicted octanol–water partition coefficient (Wildman–Crippen LogP) is 4.76. The zero-order valence-corrected chi connectivity index (χ0v) is 15.5. The first-order valence-corrected chi connectivity index (χ1v) is 9.15. The van der Waals surface area contributed by atoms with Gasteiger partial charge in [0.05, 0.1) is 25.7 Å². The van der Waals surface area contributed by atoms with Crippen LogP contribution in [0.25, 0.3) is 21.1 Å². The maximum atomic E-state index is 13.9. The second-order valence-electron chi connectivity index (χ2n) is 5.75. The van der Waals surface area contributed by atoms with Gasteiger partial charge in [-0.1, -0.05) is 29.8 Å². The third kappa shape index (κ3) is 3.23. The number of anilines is 1. The molecule has 0 unspecified atom stereocenters. The van der Waals surface area contributed by atoms with Crippen molar-refractivity contribution in [2.75, 3.05) is 5.32 Å². The van der Waals surface area contributed by atoms with Crippen molar-refractivity contribution in [1.29, 1.82) is 0 Å². The quantitative estimate of drug-likeness (QED) is 0.461. The molecule has 4 rings (SSSR count). The lowest BCUT2D eigenvalue weighted by molar-refractivity contribution is 0.0971. The highest BCUT2D eigenvalue weighted by Gasteiger charge is 2.18. The summed E-state index contributed by atoms with van der Waals surface area (Å²) in [6.07, 6.45) is 0. The minimum atomic E-state index is -0.930. The Bertz CT molecular complexity index is 1310. The highest BCUT2D eigenvalue weighted by Crippen LogP contribution is 2.30. The molecule has 140 valence electrons. The number of rotatable bonds is 2. The molecule has 0 bridgehead atoms. The van der Waals surface area contributed by atoms with Gasteiger partial charge in [-0.05, 0) is 30.3 Å². The molecule has 0 fully saturated rings. The van der Waals surface area contributed by atoms with Gasteiger partial charge in [0.1, 0.15) is 5.58 Å². The van der Waals surface area contributed by atoms with Crippen molar-refractivity contribution < 1.29 is 18.4 Å². The van der Waals surface area contributed by atoms with Gasteiger partial charge in [-0.2, -0.15) is 0 Å². The van der Waals surface area contributed by atoms with Gasteiger partial charge in [-0.3, -0.25) is 10.1 Å². The van der Waals surface area contributed by atoms with E-state index in [2.05, 4.69) is 10.6 Å². The second kappa shape index (κ2) is 7.06. The van der Waals surface area contributed by atoms with Gasteiger partial charge < -0.3 is 9.73 Å². The summed E-state index contributed by atoms with van der Waals surface area (Å²) in [6, 6.07) is 11.5. The topological polar surface area (TPSA) is 88.4 Å². The maximum Gasteiger partial charge on any atom is 0.345 e. The monoisotopic (exact) mass is 416 g/mol. The van der Waals surface area contributed by atoms with Crippen LogP contribution in [0.15, 0.2) is 57.7 Å². The summed E-state index contributed by atoms with van der Waals surface area (Å²) in [7, 11) is 0. The molecule has 0 aliphatic heterocycles. The fraction of sp³-hybridized carbons (Fsp3) is 0. The Hall–Kier alpha value is -3.23. The highest BCUT2D eigenvalue weighted by molar-refractivity contribution is 7.21. The lowest BCUT2D eigenvalue weighted by Crippen LogP contribution is -2.34. The van der Waals surface area contributed by atoms with Gasteiger partial charge in [0.2, 0.25) is 0 Å². The average Bonchev–Trinajstić information content (AvgIpc) is 3.12. The van der Waals surface area contributed by atoms with Crippen molar-refractivity contribution >= 4 is 61.6 Å². The molecule has 28 heavy (non-hydrogen) atoms. The van der Waals surface area contributed by atoms with E-state index < -0.39 is 23.4 Å². The van der Waals surface area contributed by atoms with E-state index in [9.17, 15) is 18.8 Å². The normalized spacial score (nSPS) is 10.9. The number of benzene rings is 2. The smallest absolute Gasteiger partial charge is 0.345 e. The number of para-hydroxylation sites is 1. The molecule has 4 aromatic rings. The predicted molar refractivity (Wildman–Crippen MR) is 106 cm³/mol. The average molecular weight is 417 g/mol. The van der Waals surface area contributed by atoms with E-state index in [0.717, 1.165) is 11.3 Å². The number of fused-ring (bicyclic) bond motifs is 3. The van der Waals surface area contributed by atoms with Crippen LogP contribution in [0, 0.1) is 5.82 Å². The molecule has 0 saturated carbocycles. The van der Waals surface area contributed by atoms with E-state index in [-0.39, 0.29) is 21.0 Å². The Kier molecular flexibility index (Phi) is 4.58. The number of halogens is 2. The molecule has 0 radical (unpaired) electrons. The summed E-state index contributed by atoms with van der Waals surface area (Å²) in [4.78, 5) is 36.7. The standard InChI is InChI=1S/C19H10ClFN2O4S/c20-11-5-3-6-12(15(11)21)22-19(26)23-17(24)14-8-10-16(28-14)9-4-1-2-7-13(9)27-18(10)25/h1-8H,(H2,22,23,24,26). The van der Waals surface area contributed by atoms with Crippen LogP contribution in [-0.4, -0.2) is 11.9 Å². The number of nitrogens with one attached hydrogen (secondary N) is 2. The fourth-order valence-corrected chi connectivity index (χ4v) is 3.92. The van der Waals surface area contributed by atoms with E-state index in [1.165, 1.54) is 24.3 Å². The largest absolute Gasteiger partial charge is 0.422 e. The van der Waals surface area contributed by atoms with E-state index in [4.69, 9.17) is 16.0 Å². The fourth-order valence-electron chi connectivity index (χ4n) is 2.67. The van der Waals surface area contributed by atoms with E-state index in [1.807, 2.05) is 0 Å². The maximum absolute atomic E-state index is 13.9. The lowest BCUT2D eigenvalue weighted by Gasteiger charge is -2.07. The number of amides is 3. The Morgan fingerprint density at radius 1 is 1.07 bits per heavy atom. The van der Waals surface area contributed by atoms with Crippen LogP contribution in [0.5, 0.6) is 0 Å². The van der Waals surface area contributed by atoms with Crippen LogP contribution < -0.4 is 16.3 Å². The molecule has 0 saturated heterocycles. The summed E-state index contributed by atoms with van der Waals surface area (Å²) in [5, 5.41) is 5.09. The van der Waals surface area contributed by atoms with Crippen LogP contribution in [-0.2, 0) is 0 Å². The molecule has 9 heteroatoms. The van der Waals surface area contributed by atoms with Crippen LogP contribution >= 0.6 is 22.9 Å². The van der Waals surface area contributed by atoms with Crippen LogP contribution in [0.2, 0.25) is 5.02 Å². The molecule has 0 aliphatic rings. The van der Waals surface area contributed by atoms with Crippen molar-refractivity contribution in [3.63, 3.8) is 0 Å². The number of urea groups is 1. The lowest BCUT2D eigenvalue weighted by atomic mass is 10.2. The number of carbonyl (C=O) groups excluding carboxylic acids is 2. The Morgan fingerprint density at radius 3 is 2.68 bits per heavy atom. The third-order valence-corrected chi connectivity index (χ3v) is 5.40. The third-order valence-electron chi connectivity index (χ3n) is 3.94.